The van der Waals surface area contributed by atoms with Crippen LogP contribution in [0.15, 0.2) is 42.5 Å². The van der Waals surface area contributed by atoms with Crippen LogP contribution >= 0.6 is 0 Å². The standard InChI is InChI=1S/C19H19NO6/c1-23-19(22)13-3-5-14(6-4-13)24-9-2-10-25-15-7-8-17-16(11-15)20-18(21)12-26-17/h3-8,11H,2,9-10,12H2,1H3,(H,20,21). The van der Waals surface area contributed by atoms with Gasteiger partial charge < -0.3 is 24.3 Å². The van der Waals surface area contributed by atoms with Crippen LogP contribution < -0.4 is 19.5 Å². The van der Waals surface area contributed by atoms with Crippen molar-refractivity contribution in [2.45, 2.75) is 6.42 Å². The van der Waals surface area contributed by atoms with Crippen molar-refractivity contribution in [3.05, 3.63) is 48.0 Å². The lowest BCUT2D eigenvalue weighted by atomic mass is 10.2. The number of amides is 1. The predicted octanol–water partition coefficient (Wildman–Crippen LogP) is 2.65. The van der Waals surface area contributed by atoms with Crippen LogP contribution in [0.5, 0.6) is 17.2 Å². The number of carbonyl (C=O) groups is 2. The van der Waals surface area contributed by atoms with Crippen molar-refractivity contribution in [3.63, 3.8) is 0 Å². The zero-order chi connectivity index (χ0) is 18.4. The Morgan fingerprint density at radius 3 is 2.50 bits per heavy atom. The van der Waals surface area contributed by atoms with E-state index in [1.165, 1.54) is 7.11 Å². The third kappa shape index (κ3) is 4.44. The molecule has 3 rings (SSSR count). The van der Waals surface area contributed by atoms with Crippen LogP contribution in [0.4, 0.5) is 5.69 Å². The highest BCUT2D eigenvalue weighted by Gasteiger charge is 2.16. The van der Waals surface area contributed by atoms with E-state index in [1.54, 1.807) is 42.5 Å². The molecule has 2 aromatic rings. The minimum absolute atomic E-state index is 0.0329. The van der Waals surface area contributed by atoms with Gasteiger partial charge in [0.05, 0.1) is 31.6 Å². The molecule has 1 amide bonds. The molecule has 136 valence electrons. The number of hydrogen-bond acceptors (Lipinski definition) is 6. The van der Waals surface area contributed by atoms with Crippen molar-refractivity contribution in [1.29, 1.82) is 0 Å². The van der Waals surface area contributed by atoms with Crippen molar-refractivity contribution in [1.82, 2.24) is 0 Å². The minimum atomic E-state index is -0.378. The number of fused-ring (bicyclic) bond motifs is 1. The predicted molar refractivity (Wildman–Crippen MR) is 94.0 cm³/mol. The van der Waals surface area contributed by atoms with Gasteiger partial charge in [0, 0.05) is 12.5 Å². The molecule has 0 fully saturated rings. The van der Waals surface area contributed by atoms with Gasteiger partial charge in [0.25, 0.3) is 5.91 Å². The Kier molecular flexibility index (Phi) is 5.58. The summed E-state index contributed by atoms with van der Waals surface area (Å²) in [5.41, 5.74) is 1.09. The molecule has 0 saturated carbocycles. The van der Waals surface area contributed by atoms with E-state index in [9.17, 15) is 9.59 Å². The molecule has 0 saturated heterocycles. The van der Waals surface area contributed by atoms with Gasteiger partial charge in [-0.1, -0.05) is 0 Å². The first kappa shape index (κ1) is 17.6. The number of carbonyl (C=O) groups excluding carboxylic acids is 2. The fourth-order valence-corrected chi connectivity index (χ4v) is 2.40. The second kappa shape index (κ2) is 8.24. The quantitative estimate of drug-likeness (QED) is 0.606. The SMILES string of the molecule is COC(=O)c1ccc(OCCCOc2ccc3c(c2)NC(=O)CO3)cc1. The molecule has 0 radical (unpaired) electrons. The van der Waals surface area contributed by atoms with Crippen LogP contribution in [-0.2, 0) is 9.53 Å². The summed E-state index contributed by atoms with van der Waals surface area (Å²) in [6.07, 6.45) is 0.679. The topological polar surface area (TPSA) is 83.1 Å². The van der Waals surface area contributed by atoms with Gasteiger partial charge in [0.15, 0.2) is 6.61 Å². The molecule has 0 unspecified atom stereocenters. The Balaban J connectivity index is 1.41. The average molecular weight is 357 g/mol. The van der Waals surface area contributed by atoms with Gasteiger partial charge in [-0.25, -0.2) is 4.79 Å². The minimum Gasteiger partial charge on any atom is -0.493 e. The highest BCUT2D eigenvalue weighted by molar-refractivity contribution is 5.95. The lowest BCUT2D eigenvalue weighted by Gasteiger charge is -2.18. The summed E-state index contributed by atoms with van der Waals surface area (Å²) < 4.78 is 21.2. The molecule has 2 aromatic carbocycles. The molecule has 1 heterocycles. The molecule has 7 nitrogen and oxygen atoms in total. The Labute approximate surface area is 150 Å². The fraction of sp³-hybridized carbons (Fsp3) is 0.263. The van der Waals surface area contributed by atoms with E-state index in [2.05, 4.69) is 10.1 Å². The number of benzene rings is 2. The molecule has 0 atom stereocenters. The normalized spacial score (nSPS) is 12.4. The van der Waals surface area contributed by atoms with Gasteiger partial charge in [-0.2, -0.15) is 0 Å². The first-order chi connectivity index (χ1) is 12.7. The van der Waals surface area contributed by atoms with Crippen molar-refractivity contribution in [3.8, 4) is 17.2 Å². The molecule has 7 heteroatoms. The Morgan fingerprint density at radius 2 is 1.77 bits per heavy atom. The van der Waals surface area contributed by atoms with Crippen LogP contribution in [0.3, 0.4) is 0 Å². The van der Waals surface area contributed by atoms with Crippen molar-refractivity contribution >= 4 is 17.6 Å². The number of nitrogens with one attached hydrogen (secondary N) is 1. The summed E-state index contributed by atoms with van der Waals surface area (Å²) >= 11 is 0. The number of esters is 1. The zero-order valence-electron chi connectivity index (χ0n) is 14.3. The largest absolute Gasteiger partial charge is 0.493 e. The number of hydrogen-bond donors (Lipinski definition) is 1. The fourth-order valence-electron chi connectivity index (χ4n) is 2.40. The van der Waals surface area contributed by atoms with Gasteiger partial charge in [-0.05, 0) is 36.4 Å². The van der Waals surface area contributed by atoms with Crippen molar-refractivity contribution in [2.75, 3.05) is 32.2 Å². The van der Waals surface area contributed by atoms with E-state index in [4.69, 9.17) is 14.2 Å². The molecule has 1 aliphatic rings. The molecule has 26 heavy (non-hydrogen) atoms. The molecule has 0 aliphatic carbocycles. The van der Waals surface area contributed by atoms with Gasteiger partial charge in [-0.15, -0.1) is 0 Å². The number of methoxy groups -OCH3 is 1. The van der Waals surface area contributed by atoms with Crippen LogP contribution in [0.25, 0.3) is 0 Å². The van der Waals surface area contributed by atoms with E-state index in [-0.39, 0.29) is 18.5 Å². The highest BCUT2D eigenvalue weighted by Crippen LogP contribution is 2.31. The van der Waals surface area contributed by atoms with Gasteiger partial charge >= 0.3 is 5.97 Å². The van der Waals surface area contributed by atoms with Crippen LogP contribution in [0.2, 0.25) is 0 Å². The lowest BCUT2D eigenvalue weighted by Crippen LogP contribution is -2.25. The van der Waals surface area contributed by atoms with Crippen molar-refractivity contribution in [2.24, 2.45) is 0 Å². The van der Waals surface area contributed by atoms with E-state index in [1.807, 2.05) is 0 Å². The first-order valence-corrected chi connectivity index (χ1v) is 8.16. The van der Waals surface area contributed by atoms with Gasteiger partial charge in [0.1, 0.15) is 17.2 Å². The second-order valence-corrected chi connectivity index (χ2v) is 5.56. The highest BCUT2D eigenvalue weighted by atomic mass is 16.5. The smallest absolute Gasteiger partial charge is 0.337 e. The van der Waals surface area contributed by atoms with E-state index >= 15 is 0 Å². The molecule has 1 N–H and O–H groups in total. The molecule has 0 spiro atoms. The third-order valence-corrected chi connectivity index (χ3v) is 3.69. The molecule has 0 bridgehead atoms. The molecule has 0 aromatic heterocycles. The second-order valence-electron chi connectivity index (χ2n) is 5.56. The summed E-state index contributed by atoms with van der Waals surface area (Å²) in [7, 11) is 1.34. The maximum atomic E-state index is 11.4. The summed E-state index contributed by atoms with van der Waals surface area (Å²) in [6, 6.07) is 12.0. The van der Waals surface area contributed by atoms with E-state index < -0.39 is 0 Å². The van der Waals surface area contributed by atoms with Crippen LogP contribution in [-0.4, -0.2) is 38.8 Å². The molecular weight excluding hydrogens is 338 g/mol. The van der Waals surface area contributed by atoms with Crippen molar-refractivity contribution < 1.29 is 28.5 Å². The third-order valence-electron chi connectivity index (χ3n) is 3.69. The monoisotopic (exact) mass is 357 g/mol. The number of anilines is 1. The molecular formula is C19H19NO6. The molecule has 1 aliphatic heterocycles. The summed E-state index contributed by atoms with van der Waals surface area (Å²) in [5, 5.41) is 2.74. The number of ether oxygens (including phenoxy) is 4. The zero-order valence-corrected chi connectivity index (χ0v) is 14.3. The van der Waals surface area contributed by atoms with Crippen LogP contribution in [0, 0.1) is 0 Å². The van der Waals surface area contributed by atoms with Gasteiger partial charge in [0.2, 0.25) is 0 Å². The first-order valence-electron chi connectivity index (χ1n) is 8.16. The Hall–Kier alpha value is -3.22. The summed E-state index contributed by atoms with van der Waals surface area (Å²) in [4.78, 5) is 22.7. The number of rotatable bonds is 7. The summed E-state index contributed by atoms with van der Waals surface area (Å²) in [5.74, 6) is 1.40. The maximum absolute atomic E-state index is 11.4. The van der Waals surface area contributed by atoms with E-state index in [0.717, 1.165) is 0 Å². The maximum Gasteiger partial charge on any atom is 0.337 e. The van der Waals surface area contributed by atoms with Gasteiger partial charge in [-0.3, -0.25) is 4.79 Å². The lowest BCUT2D eigenvalue weighted by molar-refractivity contribution is -0.118. The summed E-state index contributed by atoms with van der Waals surface area (Å²) in [6.45, 7) is 0.974. The van der Waals surface area contributed by atoms with E-state index in [0.29, 0.717) is 48.1 Å². The Morgan fingerprint density at radius 1 is 1.08 bits per heavy atom. The van der Waals surface area contributed by atoms with Crippen LogP contribution in [0.1, 0.15) is 16.8 Å². The average Bonchev–Trinajstić information content (AvgIpc) is 2.67. The Bertz CT molecular complexity index is 787.